The maximum Gasteiger partial charge on any atom is 0.246 e. The number of benzene rings is 1. The van der Waals surface area contributed by atoms with Crippen LogP contribution < -0.4 is 16.0 Å². The van der Waals surface area contributed by atoms with Crippen molar-refractivity contribution in [3.05, 3.63) is 30.3 Å². The van der Waals surface area contributed by atoms with Crippen molar-refractivity contribution in [2.75, 3.05) is 38.0 Å². The Labute approximate surface area is 181 Å². The number of hydrogen-bond donors (Lipinski definition) is 3. The molecule has 6 nitrogen and oxygen atoms in total. The van der Waals surface area contributed by atoms with Gasteiger partial charge in [-0.3, -0.25) is 4.79 Å². The molecule has 0 radical (unpaired) electrons. The van der Waals surface area contributed by atoms with Gasteiger partial charge in [0.15, 0.2) is 5.96 Å². The fraction of sp³-hybridized carbons (Fsp3) is 0.600. The molecule has 0 aliphatic carbocycles. The van der Waals surface area contributed by atoms with Crippen molar-refractivity contribution in [3.63, 3.8) is 0 Å². The van der Waals surface area contributed by atoms with Gasteiger partial charge in [0, 0.05) is 18.3 Å². The van der Waals surface area contributed by atoms with Gasteiger partial charge in [-0.25, -0.2) is 4.99 Å². The average Bonchev–Trinajstić information content (AvgIpc) is 2.64. The largest absolute Gasteiger partial charge is 0.357 e. The van der Waals surface area contributed by atoms with Crippen LogP contribution in [0.1, 0.15) is 40.5 Å². The molecule has 3 N–H and O–H groups in total. The van der Waals surface area contributed by atoms with Crippen molar-refractivity contribution in [3.8, 4) is 0 Å². The predicted molar refractivity (Wildman–Crippen MR) is 126 cm³/mol. The molecule has 0 saturated heterocycles. The molecular formula is C20H36IN5O. The number of rotatable bonds is 11. The molecular weight excluding hydrogens is 453 g/mol. The summed E-state index contributed by atoms with van der Waals surface area (Å²) in [5.41, 5.74) is 0.787. The van der Waals surface area contributed by atoms with Gasteiger partial charge in [0.2, 0.25) is 5.91 Å². The predicted octanol–water partition coefficient (Wildman–Crippen LogP) is 3.31. The van der Waals surface area contributed by atoms with Gasteiger partial charge in [-0.15, -0.1) is 24.0 Å². The Hall–Kier alpha value is -1.35. The van der Waals surface area contributed by atoms with Crippen molar-refractivity contribution in [2.45, 2.75) is 46.6 Å². The number of aliphatic imine (C=N–C) groups is 1. The van der Waals surface area contributed by atoms with E-state index in [-0.39, 0.29) is 36.4 Å². The van der Waals surface area contributed by atoms with Crippen molar-refractivity contribution in [1.29, 1.82) is 0 Å². The number of para-hydroxylation sites is 1. The van der Waals surface area contributed by atoms with E-state index in [1.54, 1.807) is 0 Å². The molecule has 1 unspecified atom stereocenters. The zero-order valence-electron chi connectivity index (χ0n) is 17.1. The normalized spacial score (nSPS) is 12.3. The van der Waals surface area contributed by atoms with E-state index in [2.05, 4.69) is 46.6 Å². The van der Waals surface area contributed by atoms with Crippen LogP contribution in [0.25, 0.3) is 0 Å². The van der Waals surface area contributed by atoms with E-state index >= 15 is 0 Å². The molecule has 1 aromatic rings. The highest BCUT2D eigenvalue weighted by atomic mass is 127. The number of guanidine groups is 1. The van der Waals surface area contributed by atoms with Gasteiger partial charge >= 0.3 is 0 Å². The summed E-state index contributed by atoms with van der Waals surface area (Å²) in [5.74, 6) is 0.564. The summed E-state index contributed by atoms with van der Waals surface area (Å²) in [6, 6.07) is 9.74. The summed E-state index contributed by atoms with van der Waals surface area (Å²) in [6.45, 7) is 12.7. The van der Waals surface area contributed by atoms with Crippen LogP contribution in [0, 0.1) is 0 Å². The number of anilines is 1. The molecule has 0 bridgehead atoms. The van der Waals surface area contributed by atoms with Crippen molar-refractivity contribution < 1.29 is 4.79 Å². The van der Waals surface area contributed by atoms with Crippen LogP contribution in [0.5, 0.6) is 0 Å². The van der Waals surface area contributed by atoms with Crippen LogP contribution >= 0.6 is 24.0 Å². The third-order valence-electron chi connectivity index (χ3n) is 4.17. The lowest BCUT2D eigenvalue weighted by Gasteiger charge is -2.21. The number of carbonyl (C=O) groups excluding carboxylic acids is 1. The number of carbonyl (C=O) groups is 1. The second kappa shape index (κ2) is 15.7. The monoisotopic (exact) mass is 489 g/mol. The topological polar surface area (TPSA) is 68.8 Å². The van der Waals surface area contributed by atoms with E-state index in [1.807, 2.05) is 37.3 Å². The maximum atomic E-state index is 12.0. The molecule has 0 aliphatic heterocycles. The van der Waals surface area contributed by atoms with Crippen LogP contribution in [0.3, 0.4) is 0 Å². The van der Waals surface area contributed by atoms with E-state index in [4.69, 9.17) is 0 Å². The van der Waals surface area contributed by atoms with E-state index < -0.39 is 0 Å². The summed E-state index contributed by atoms with van der Waals surface area (Å²) in [6.07, 6.45) is 2.21. The number of halogens is 1. The smallest absolute Gasteiger partial charge is 0.246 e. The third-order valence-corrected chi connectivity index (χ3v) is 4.17. The summed E-state index contributed by atoms with van der Waals surface area (Å²) >= 11 is 0. The Morgan fingerprint density at radius 2 is 1.81 bits per heavy atom. The van der Waals surface area contributed by atoms with E-state index in [0.29, 0.717) is 12.0 Å². The molecule has 0 saturated carbocycles. The quantitative estimate of drug-likeness (QED) is 0.254. The lowest BCUT2D eigenvalue weighted by molar-refractivity contribution is -0.114. The molecule has 0 spiro atoms. The van der Waals surface area contributed by atoms with Crippen molar-refractivity contribution in [1.82, 2.24) is 15.5 Å². The summed E-state index contributed by atoms with van der Waals surface area (Å²) in [4.78, 5) is 18.9. The Balaban J connectivity index is 0.00000676. The highest BCUT2D eigenvalue weighted by molar-refractivity contribution is 14.0. The van der Waals surface area contributed by atoms with Crippen LogP contribution in [0.2, 0.25) is 0 Å². The lowest BCUT2D eigenvalue weighted by atomic mass is 10.2. The Morgan fingerprint density at radius 1 is 1.15 bits per heavy atom. The molecule has 1 aromatic carbocycles. The highest BCUT2D eigenvalue weighted by Gasteiger charge is 2.08. The molecule has 1 rings (SSSR count). The molecule has 0 fully saturated rings. The van der Waals surface area contributed by atoms with Crippen LogP contribution in [-0.2, 0) is 4.79 Å². The van der Waals surface area contributed by atoms with Crippen LogP contribution in [0.4, 0.5) is 5.69 Å². The van der Waals surface area contributed by atoms with E-state index in [0.717, 1.165) is 44.7 Å². The van der Waals surface area contributed by atoms with Gasteiger partial charge in [0.25, 0.3) is 0 Å². The number of nitrogens with zero attached hydrogens (tertiary/aromatic N) is 2. The minimum Gasteiger partial charge on any atom is -0.357 e. The molecule has 0 heterocycles. The fourth-order valence-electron chi connectivity index (χ4n) is 2.66. The summed E-state index contributed by atoms with van der Waals surface area (Å²) < 4.78 is 0. The minimum atomic E-state index is -0.123. The Morgan fingerprint density at radius 3 is 2.41 bits per heavy atom. The van der Waals surface area contributed by atoms with E-state index in [9.17, 15) is 4.79 Å². The van der Waals surface area contributed by atoms with E-state index in [1.165, 1.54) is 0 Å². The highest BCUT2D eigenvalue weighted by Crippen LogP contribution is 2.04. The second-order valence-electron chi connectivity index (χ2n) is 6.32. The van der Waals surface area contributed by atoms with Gasteiger partial charge in [0.05, 0.1) is 0 Å². The SMILES string of the molecule is CCNC(=NCC(=O)Nc1ccccc1)NC(C)CCCN(CC)CC.I. The first kappa shape index (κ1) is 25.6. The lowest BCUT2D eigenvalue weighted by Crippen LogP contribution is -2.43. The molecule has 27 heavy (non-hydrogen) atoms. The fourth-order valence-corrected chi connectivity index (χ4v) is 2.66. The second-order valence-corrected chi connectivity index (χ2v) is 6.32. The maximum absolute atomic E-state index is 12.0. The molecule has 1 atom stereocenters. The third kappa shape index (κ3) is 11.9. The molecule has 0 aromatic heterocycles. The molecule has 1 amide bonds. The first-order chi connectivity index (χ1) is 12.6. The Kier molecular flexibility index (Phi) is 14.9. The zero-order chi connectivity index (χ0) is 19.2. The standard InChI is InChI=1S/C20H35N5O.HI/c1-5-21-20(23-17(4)12-11-15-25(6-2)7-3)22-16-19(26)24-18-13-9-8-10-14-18;/h8-10,13-14,17H,5-7,11-12,15-16H2,1-4H3,(H,24,26)(H2,21,22,23);1H. The van der Waals surface area contributed by atoms with Crippen LogP contribution in [0.15, 0.2) is 35.3 Å². The van der Waals surface area contributed by atoms with Gasteiger partial charge in [-0.2, -0.15) is 0 Å². The minimum absolute atomic E-state index is 0. The van der Waals surface area contributed by atoms with Gasteiger partial charge < -0.3 is 20.9 Å². The van der Waals surface area contributed by atoms with Crippen LogP contribution in [-0.4, -0.2) is 55.5 Å². The van der Waals surface area contributed by atoms with Crippen molar-refractivity contribution in [2.24, 2.45) is 4.99 Å². The van der Waals surface area contributed by atoms with Crippen molar-refractivity contribution >= 4 is 41.5 Å². The van der Waals surface area contributed by atoms with Gasteiger partial charge in [0.1, 0.15) is 6.54 Å². The number of amides is 1. The molecule has 7 heteroatoms. The van der Waals surface area contributed by atoms with Gasteiger partial charge in [-0.1, -0.05) is 32.0 Å². The first-order valence-corrected chi connectivity index (χ1v) is 9.71. The molecule has 154 valence electrons. The summed E-state index contributed by atoms with van der Waals surface area (Å²) in [5, 5.41) is 9.44. The number of hydrogen-bond acceptors (Lipinski definition) is 3. The zero-order valence-corrected chi connectivity index (χ0v) is 19.5. The summed E-state index contributed by atoms with van der Waals surface area (Å²) in [7, 11) is 0. The molecule has 0 aliphatic rings. The van der Waals surface area contributed by atoms with Gasteiger partial charge in [-0.05, 0) is 58.5 Å². The first-order valence-electron chi connectivity index (χ1n) is 9.71. The average molecular weight is 489 g/mol. The Bertz CT molecular complexity index is 534. The number of nitrogens with one attached hydrogen (secondary N) is 3.